The van der Waals surface area contributed by atoms with Gasteiger partial charge in [0.2, 0.25) is 0 Å². The molecule has 0 aromatic carbocycles. The van der Waals surface area contributed by atoms with Gasteiger partial charge in [-0.2, -0.15) is 0 Å². The van der Waals surface area contributed by atoms with Crippen LogP contribution in [-0.2, 0) is 28.6 Å². The molecule has 0 radical (unpaired) electrons. The molecule has 0 bridgehead atoms. The fraction of sp³-hybridized carbons (Fsp3) is 0.716. The van der Waals surface area contributed by atoms with Crippen molar-refractivity contribution in [3.63, 3.8) is 0 Å². The number of unbranched alkanes of at least 4 members (excludes halogenated alkanes) is 28. The second-order valence-electron chi connectivity index (χ2n) is 20.2. The molecule has 0 fully saturated rings. The summed E-state index contributed by atoms with van der Waals surface area (Å²) in [4.78, 5) is 38.2. The van der Waals surface area contributed by atoms with Crippen molar-refractivity contribution in [1.82, 2.24) is 0 Å². The summed E-state index contributed by atoms with van der Waals surface area (Å²) >= 11 is 0. The van der Waals surface area contributed by atoms with Gasteiger partial charge in [-0.3, -0.25) is 14.4 Å². The van der Waals surface area contributed by atoms with Gasteiger partial charge in [-0.1, -0.05) is 279 Å². The SMILES string of the molecule is CC/C=C\C/C=C\C/C=C\CCCCCCCC(=O)OC[C@H](COC(=O)CC/C=C\C/C=C\C/C=C\C/C=C\C/C=C\CCCCC)OC(=O)CCCCCCCCCCCCCCCCCCCCCCC. The van der Waals surface area contributed by atoms with Crippen molar-refractivity contribution in [3.05, 3.63) is 97.2 Å². The zero-order chi connectivity index (χ0) is 52.9. The summed E-state index contributed by atoms with van der Waals surface area (Å²) in [5.74, 6) is -1.00. The quantitative estimate of drug-likeness (QED) is 0.0261. The molecule has 73 heavy (non-hydrogen) atoms. The molecule has 0 spiro atoms. The zero-order valence-corrected chi connectivity index (χ0v) is 47.9. The van der Waals surface area contributed by atoms with E-state index in [0.29, 0.717) is 19.3 Å². The van der Waals surface area contributed by atoms with E-state index in [0.717, 1.165) is 103 Å². The summed E-state index contributed by atoms with van der Waals surface area (Å²) in [6.07, 6.45) is 81.3. The molecule has 0 aromatic rings. The molecule has 0 aliphatic carbocycles. The number of rotatable bonds is 55. The molecular formula is C67H114O6. The molecule has 0 aliphatic heterocycles. The van der Waals surface area contributed by atoms with Gasteiger partial charge in [-0.05, 0) is 89.9 Å². The number of ether oxygens (including phenoxy) is 3. The van der Waals surface area contributed by atoms with Crippen molar-refractivity contribution in [2.24, 2.45) is 0 Å². The summed E-state index contributed by atoms with van der Waals surface area (Å²) in [5.41, 5.74) is 0. The molecule has 418 valence electrons. The van der Waals surface area contributed by atoms with E-state index in [-0.39, 0.29) is 37.5 Å². The molecule has 0 heterocycles. The smallest absolute Gasteiger partial charge is 0.306 e. The molecule has 0 saturated heterocycles. The number of esters is 3. The normalized spacial score (nSPS) is 12.8. The van der Waals surface area contributed by atoms with Crippen molar-refractivity contribution in [2.75, 3.05) is 13.2 Å². The Bertz CT molecular complexity index is 1440. The van der Waals surface area contributed by atoms with E-state index in [4.69, 9.17) is 14.2 Å². The van der Waals surface area contributed by atoms with E-state index in [1.165, 1.54) is 141 Å². The number of hydrogen-bond donors (Lipinski definition) is 0. The Morgan fingerprint density at radius 2 is 0.562 bits per heavy atom. The van der Waals surface area contributed by atoms with Gasteiger partial charge in [0, 0.05) is 19.3 Å². The molecule has 0 saturated carbocycles. The lowest BCUT2D eigenvalue weighted by Gasteiger charge is -2.18. The molecule has 0 rings (SSSR count). The minimum absolute atomic E-state index is 0.108. The molecule has 1 atom stereocenters. The number of hydrogen-bond acceptors (Lipinski definition) is 6. The van der Waals surface area contributed by atoms with Gasteiger partial charge in [-0.25, -0.2) is 0 Å². The summed E-state index contributed by atoms with van der Waals surface area (Å²) in [6, 6.07) is 0. The maximum absolute atomic E-state index is 12.9. The van der Waals surface area contributed by atoms with Gasteiger partial charge < -0.3 is 14.2 Å². The van der Waals surface area contributed by atoms with Crippen LogP contribution in [-0.4, -0.2) is 37.2 Å². The Hall–Kier alpha value is -3.67. The van der Waals surface area contributed by atoms with Crippen molar-refractivity contribution >= 4 is 17.9 Å². The lowest BCUT2D eigenvalue weighted by molar-refractivity contribution is -0.166. The third kappa shape index (κ3) is 59.1. The van der Waals surface area contributed by atoms with Crippen LogP contribution in [0, 0.1) is 0 Å². The molecule has 0 aromatic heterocycles. The number of carbonyl (C=O) groups is 3. The van der Waals surface area contributed by atoms with E-state index < -0.39 is 6.10 Å². The average Bonchev–Trinajstić information content (AvgIpc) is 3.39. The first-order valence-corrected chi connectivity index (χ1v) is 30.7. The van der Waals surface area contributed by atoms with Crippen molar-refractivity contribution in [3.8, 4) is 0 Å². The van der Waals surface area contributed by atoms with Crippen LogP contribution in [0.25, 0.3) is 0 Å². The highest BCUT2D eigenvalue weighted by atomic mass is 16.6. The van der Waals surface area contributed by atoms with Crippen LogP contribution in [0.15, 0.2) is 97.2 Å². The molecule has 0 N–H and O–H groups in total. The van der Waals surface area contributed by atoms with Crippen LogP contribution in [0.1, 0.15) is 290 Å². The predicted octanol–water partition coefficient (Wildman–Crippen LogP) is 20.9. The number of carbonyl (C=O) groups excluding carboxylic acids is 3. The third-order valence-electron chi connectivity index (χ3n) is 13.1. The first-order chi connectivity index (χ1) is 36.0. The standard InChI is InChI=1S/C67H114O6/c1-4-7-10-13-16-19-22-25-28-30-32-33-35-37-40-43-46-49-52-55-58-61-67(70)73-64(62-71-65(68)59-56-53-50-47-44-41-38-27-24-21-18-15-12-9-6-3)63-72-66(69)60-57-54-51-48-45-42-39-36-34-31-29-26-23-20-17-14-11-8-5-2/h9,12,17-18,20-21,26-27,29,34,36,38,42,45,51,54,64H,4-8,10-11,13-16,19,22-25,28,30-33,35,37,39-41,43-44,46-50,52-53,55-63H2,1-3H3/b12-9-,20-17-,21-18-,29-26-,36-34-,38-27-,45-42-,54-51-/t64-/m1/s1. The second kappa shape index (κ2) is 60.9. The number of allylic oxidation sites excluding steroid dienone is 16. The highest BCUT2D eigenvalue weighted by Gasteiger charge is 2.19. The summed E-state index contributed by atoms with van der Waals surface area (Å²) < 4.78 is 16.8. The van der Waals surface area contributed by atoms with Gasteiger partial charge in [0.15, 0.2) is 6.10 Å². The Balaban J connectivity index is 4.47. The second-order valence-corrected chi connectivity index (χ2v) is 20.2. The Labute approximate surface area is 451 Å². The first-order valence-electron chi connectivity index (χ1n) is 30.7. The highest BCUT2D eigenvalue weighted by molar-refractivity contribution is 5.71. The third-order valence-corrected chi connectivity index (χ3v) is 13.1. The van der Waals surface area contributed by atoms with E-state index in [9.17, 15) is 14.4 Å². The summed E-state index contributed by atoms with van der Waals surface area (Å²) in [6.45, 7) is 6.45. The Kier molecular flexibility index (Phi) is 57.8. The van der Waals surface area contributed by atoms with Gasteiger partial charge in [0.1, 0.15) is 13.2 Å². The van der Waals surface area contributed by atoms with Crippen LogP contribution < -0.4 is 0 Å². The topological polar surface area (TPSA) is 78.9 Å². The minimum atomic E-state index is -0.815. The van der Waals surface area contributed by atoms with Gasteiger partial charge >= 0.3 is 17.9 Å². The van der Waals surface area contributed by atoms with Crippen LogP contribution >= 0.6 is 0 Å². The zero-order valence-electron chi connectivity index (χ0n) is 47.9. The Morgan fingerprint density at radius 3 is 0.945 bits per heavy atom. The molecule has 0 amide bonds. The molecule has 0 unspecified atom stereocenters. The fourth-order valence-electron chi connectivity index (χ4n) is 8.50. The van der Waals surface area contributed by atoms with E-state index in [2.05, 4.69) is 112 Å². The molecular weight excluding hydrogens is 901 g/mol. The van der Waals surface area contributed by atoms with Gasteiger partial charge in [-0.15, -0.1) is 0 Å². The maximum Gasteiger partial charge on any atom is 0.306 e. The van der Waals surface area contributed by atoms with E-state index >= 15 is 0 Å². The van der Waals surface area contributed by atoms with Gasteiger partial charge in [0.25, 0.3) is 0 Å². The predicted molar refractivity (Wildman–Crippen MR) is 316 cm³/mol. The average molecular weight is 1020 g/mol. The summed E-state index contributed by atoms with van der Waals surface area (Å²) in [7, 11) is 0. The largest absolute Gasteiger partial charge is 0.462 e. The molecule has 6 nitrogen and oxygen atoms in total. The molecule has 6 heteroatoms. The van der Waals surface area contributed by atoms with Crippen LogP contribution in [0.4, 0.5) is 0 Å². The van der Waals surface area contributed by atoms with E-state index in [1.807, 2.05) is 6.08 Å². The van der Waals surface area contributed by atoms with E-state index in [1.54, 1.807) is 0 Å². The van der Waals surface area contributed by atoms with Crippen molar-refractivity contribution in [2.45, 2.75) is 297 Å². The monoisotopic (exact) mass is 1010 g/mol. The van der Waals surface area contributed by atoms with Crippen molar-refractivity contribution < 1.29 is 28.6 Å². The lowest BCUT2D eigenvalue weighted by Crippen LogP contribution is -2.30. The van der Waals surface area contributed by atoms with Gasteiger partial charge in [0.05, 0.1) is 0 Å². The first kappa shape index (κ1) is 69.3. The highest BCUT2D eigenvalue weighted by Crippen LogP contribution is 2.16. The van der Waals surface area contributed by atoms with Crippen LogP contribution in [0.3, 0.4) is 0 Å². The van der Waals surface area contributed by atoms with Crippen molar-refractivity contribution in [1.29, 1.82) is 0 Å². The lowest BCUT2D eigenvalue weighted by atomic mass is 10.0. The fourth-order valence-corrected chi connectivity index (χ4v) is 8.50. The minimum Gasteiger partial charge on any atom is -0.462 e. The van der Waals surface area contributed by atoms with Crippen LogP contribution in [0.5, 0.6) is 0 Å². The Morgan fingerprint density at radius 1 is 0.288 bits per heavy atom. The maximum atomic E-state index is 12.9. The molecule has 0 aliphatic rings. The van der Waals surface area contributed by atoms with Crippen LogP contribution in [0.2, 0.25) is 0 Å². The summed E-state index contributed by atoms with van der Waals surface area (Å²) in [5, 5.41) is 0.